The molecular formula is C17H24N2. The van der Waals surface area contributed by atoms with Gasteiger partial charge in [-0.25, -0.2) is 0 Å². The highest BCUT2D eigenvalue weighted by Gasteiger charge is 2.18. The van der Waals surface area contributed by atoms with E-state index in [4.69, 9.17) is 6.42 Å². The number of piperidine rings is 1. The van der Waals surface area contributed by atoms with E-state index in [0.717, 1.165) is 19.0 Å². The monoisotopic (exact) mass is 256 g/mol. The lowest BCUT2D eigenvalue weighted by Gasteiger charge is -2.32. The quantitative estimate of drug-likeness (QED) is 0.620. The van der Waals surface area contributed by atoms with Crippen LogP contribution in [0.1, 0.15) is 18.4 Å². The molecule has 0 unspecified atom stereocenters. The standard InChI is InChI=1S/C17H24N2/c1-2-10-18-11-14-19-12-8-17(9-13-19)15-16-6-4-3-5-7-16/h1,3-7,17-18H,8-15H2. The van der Waals surface area contributed by atoms with Gasteiger partial charge in [-0.05, 0) is 43.8 Å². The van der Waals surface area contributed by atoms with E-state index in [1.165, 1.54) is 37.9 Å². The lowest BCUT2D eigenvalue weighted by atomic mass is 9.90. The predicted molar refractivity (Wildman–Crippen MR) is 81.0 cm³/mol. The Bertz CT molecular complexity index is 385. The summed E-state index contributed by atoms with van der Waals surface area (Å²) >= 11 is 0. The maximum Gasteiger partial charge on any atom is 0.0574 e. The van der Waals surface area contributed by atoms with Gasteiger partial charge >= 0.3 is 0 Å². The third-order valence-corrected chi connectivity index (χ3v) is 3.91. The van der Waals surface area contributed by atoms with E-state index in [-0.39, 0.29) is 0 Å². The van der Waals surface area contributed by atoms with E-state index in [2.05, 4.69) is 46.5 Å². The van der Waals surface area contributed by atoms with Crippen LogP contribution in [-0.4, -0.2) is 37.6 Å². The van der Waals surface area contributed by atoms with Crippen LogP contribution < -0.4 is 5.32 Å². The maximum atomic E-state index is 5.21. The first kappa shape index (κ1) is 14.1. The highest BCUT2D eigenvalue weighted by Crippen LogP contribution is 2.21. The fourth-order valence-electron chi connectivity index (χ4n) is 2.76. The van der Waals surface area contributed by atoms with Crippen molar-refractivity contribution in [3.63, 3.8) is 0 Å². The molecule has 0 amide bonds. The predicted octanol–water partition coefficient (Wildman–Crippen LogP) is 2.16. The summed E-state index contributed by atoms with van der Waals surface area (Å²) in [4.78, 5) is 2.55. The molecule has 0 aromatic heterocycles. The minimum Gasteiger partial charge on any atom is -0.305 e. The molecule has 1 N–H and O–H groups in total. The van der Waals surface area contributed by atoms with Crippen LogP contribution in [0.15, 0.2) is 30.3 Å². The van der Waals surface area contributed by atoms with Crippen LogP contribution in [0.3, 0.4) is 0 Å². The third-order valence-electron chi connectivity index (χ3n) is 3.91. The molecule has 1 fully saturated rings. The maximum absolute atomic E-state index is 5.21. The summed E-state index contributed by atoms with van der Waals surface area (Å²) in [6.07, 6.45) is 9.10. The van der Waals surface area contributed by atoms with Crippen molar-refractivity contribution < 1.29 is 0 Å². The van der Waals surface area contributed by atoms with Crippen molar-refractivity contribution in [3.05, 3.63) is 35.9 Å². The Morgan fingerprint density at radius 3 is 2.63 bits per heavy atom. The van der Waals surface area contributed by atoms with E-state index in [0.29, 0.717) is 6.54 Å². The SMILES string of the molecule is C#CCNCCN1CCC(Cc2ccccc2)CC1. The Hall–Kier alpha value is -1.30. The van der Waals surface area contributed by atoms with Crippen molar-refractivity contribution in [1.29, 1.82) is 0 Å². The minimum atomic E-state index is 0.685. The zero-order valence-electron chi connectivity index (χ0n) is 11.6. The van der Waals surface area contributed by atoms with E-state index < -0.39 is 0 Å². The van der Waals surface area contributed by atoms with Crippen molar-refractivity contribution in [3.8, 4) is 12.3 Å². The number of benzene rings is 1. The smallest absolute Gasteiger partial charge is 0.0574 e. The van der Waals surface area contributed by atoms with Crippen molar-refractivity contribution in [1.82, 2.24) is 10.2 Å². The molecule has 1 heterocycles. The summed E-state index contributed by atoms with van der Waals surface area (Å²) in [7, 11) is 0. The Kier molecular flexibility index (Phi) is 5.94. The average molecular weight is 256 g/mol. The van der Waals surface area contributed by atoms with Gasteiger partial charge < -0.3 is 10.2 Å². The topological polar surface area (TPSA) is 15.3 Å². The molecule has 0 radical (unpaired) electrons. The van der Waals surface area contributed by atoms with Crippen LogP contribution >= 0.6 is 0 Å². The zero-order valence-corrected chi connectivity index (χ0v) is 11.6. The molecule has 2 nitrogen and oxygen atoms in total. The largest absolute Gasteiger partial charge is 0.305 e. The number of nitrogens with zero attached hydrogens (tertiary/aromatic N) is 1. The van der Waals surface area contributed by atoms with Gasteiger partial charge in [0.1, 0.15) is 0 Å². The number of hydrogen-bond donors (Lipinski definition) is 1. The van der Waals surface area contributed by atoms with Crippen molar-refractivity contribution in [2.75, 3.05) is 32.7 Å². The van der Waals surface area contributed by atoms with Gasteiger partial charge in [0.15, 0.2) is 0 Å². The molecule has 0 bridgehead atoms. The summed E-state index contributed by atoms with van der Waals surface area (Å²) in [6, 6.07) is 10.9. The second kappa shape index (κ2) is 7.99. The molecule has 0 spiro atoms. The molecule has 0 atom stereocenters. The van der Waals surface area contributed by atoms with E-state index in [9.17, 15) is 0 Å². The first-order chi connectivity index (χ1) is 9.38. The van der Waals surface area contributed by atoms with E-state index in [1.54, 1.807) is 0 Å². The third kappa shape index (κ3) is 5.06. The summed E-state index contributed by atoms with van der Waals surface area (Å²) in [6.45, 7) is 5.28. The van der Waals surface area contributed by atoms with Crippen LogP contribution in [0.25, 0.3) is 0 Å². The van der Waals surface area contributed by atoms with Crippen LogP contribution in [0.4, 0.5) is 0 Å². The number of likely N-dealkylation sites (tertiary alicyclic amines) is 1. The molecule has 2 rings (SSSR count). The second-order valence-corrected chi connectivity index (χ2v) is 5.36. The van der Waals surface area contributed by atoms with Gasteiger partial charge in [0.2, 0.25) is 0 Å². The van der Waals surface area contributed by atoms with Gasteiger partial charge in [0.25, 0.3) is 0 Å². The van der Waals surface area contributed by atoms with E-state index >= 15 is 0 Å². The summed E-state index contributed by atoms with van der Waals surface area (Å²) in [5, 5.41) is 3.26. The highest BCUT2D eigenvalue weighted by molar-refractivity contribution is 5.15. The lowest BCUT2D eigenvalue weighted by molar-refractivity contribution is 0.185. The molecule has 0 saturated carbocycles. The molecule has 1 aromatic carbocycles. The summed E-state index contributed by atoms with van der Waals surface area (Å²) in [5.74, 6) is 3.47. The van der Waals surface area contributed by atoms with Gasteiger partial charge in [0, 0.05) is 13.1 Å². The van der Waals surface area contributed by atoms with Crippen molar-refractivity contribution in [2.45, 2.75) is 19.3 Å². The van der Waals surface area contributed by atoms with Crippen molar-refractivity contribution >= 4 is 0 Å². The van der Waals surface area contributed by atoms with Gasteiger partial charge in [-0.2, -0.15) is 0 Å². The number of rotatable bonds is 6. The number of hydrogen-bond acceptors (Lipinski definition) is 2. The lowest BCUT2D eigenvalue weighted by Crippen LogP contribution is -2.38. The summed E-state index contributed by atoms with van der Waals surface area (Å²) in [5.41, 5.74) is 1.48. The normalized spacial score (nSPS) is 17.2. The summed E-state index contributed by atoms with van der Waals surface area (Å²) < 4.78 is 0. The Balaban J connectivity index is 1.64. The zero-order chi connectivity index (χ0) is 13.3. The molecule has 1 aliphatic rings. The molecule has 19 heavy (non-hydrogen) atoms. The van der Waals surface area contributed by atoms with Gasteiger partial charge in [-0.1, -0.05) is 36.3 Å². The minimum absolute atomic E-state index is 0.685. The van der Waals surface area contributed by atoms with Gasteiger partial charge in [0.05, 0.1) is 6.54 Å². The number of terminal acetylenes is 1. The van der Waals surface area contributed by atoms with Crippen LogP contribution in [0.5, 0.6) is 0 Å². The van der Waals surface area contributed by atoms with Crippen LogP contribution in [0.2, 0.25) is 0 Å². The highest BCUT2D eigenvalue weighted by atomic mass is 15.1. The molecule has 102 valence electrons. The Morgan fingerprint density at radius 1 is 1.21 bits per heavy atom. The molecule has 2 heteroatoms. The first-order valence-electron chi connectivity index (χ1n) is 7.29. The number of nitrogens with one attached hydrogen (secondary N) is 1. The molecule has 1 aromatic rings. The molecule has 1 saturated heterocycles. The van der Waals surface area contributed by atoms with Crippen LogP contribution in [0, 0.1) is 18.3 Å². The Labute approximate surface area is 117 Å². The van der Waals surface area contributed by atoms with Crippen molar-refractivity contribution in [2.24, 2.45) is 5.92 Å². The molecule has 1 aliphatic heterocycles. The van der Waals surface area contributed by atoms with Gasteiger partial charge in [-0.3, -0.25) is 0 Å². The fraction of sp³-hybridized carbons (Fsp3) is 0.529. The first-order valence-corrected chi connectivity index (χ1v) is 7.29. The second-order valence-electron chi connectivity index (χ2n) is 5.36. The Morgan fingerprint density at radius 2 is 1.95 bits per heavy atom. The molecular weight excluding hydrogens is 232 g/mol. The molecule has 0 aliphatic carbocycles. The van der Waals surface area contributed by atoms with Crippen LogP contribution in [-0.2, 0) is 6.42 Å². The average Bonchev–Trinajstić information content (AvgIpc) is 2.46. The van der Waals surface area contributed by atoms with Gasteiger partial charge in [-0.15, -0.1) is 6.42 Å². The fourth-order valence-corrected chi connectivity index (χ4v) is 2.76. The van der Waals surface area contributed by atoms with E-state index in [1.807, 2.05) is 0 Å².